The lowest BCUT2D eigenvalue weighted by Crippen LogP contribution is -2.48. The molecule has 2 atom stereocenters. The van der Waals surface area contributed by atoms with Crippen LogP contribution in [0.1, 0.15) is 32.1 Å². The van der Waals surface area contributed by atoms with E-state index in [4.69, 9.17) is 5.73 Å². The molecule has 2 rings (SSSR count). The highest BCUT2D eigenvalue weighted by molar-refractivity contribution is 5.79. The van der Waals surface area contributed by atoms with Crippen LogP contribution in [-0.2, 0) is 4.79 Å². The molecule has 13 heavy (non-hydrogen) atoms. The van der Waals surface area contributed by atoms with Crippen molar-refractivity contribution < 1.29 is 4.79 Å². The molecule has 0 radical (unpaired) electrons. The third kappa shape index (κ3) is 1.85. The lowest BCUT2D eigenvalue weighted by atomic mass is 9.71. The SMILES string of the molecule is NC(=O)C1CC(C2CCC2)CCN1. The molecule has 1 saturated carbocycles. The second-order valence-electron chi connectivity index (χ2n) is 4.38. The number of hydrogen-bond donors (Lipinski definition) is 2. The molecule has 0 aromatic rings. The molecular weight excluding hydrogens is 164 g/mol. The van der Waals surface area contributed by atoms with Gasteiger partial charge in [-0.1, -0.05) is 19.3 Å². The third-order valence-electron chi connectivity index (χ3n) is 3.60. The summed E-state index contributed by atoms with van der Waals surface area (Å²) in [6.07, 6.45) is 6.33. The predicted molar refractivity (Wildman–Crippen MR) is 51.1 cm³/mol. The van der Waals surface area contributed by atoms with Gasteiger partial charge in [-0.3, -0.25) is 4.79 Å². The minimum Gasteiger partial charge on any atom is -0.368 e. The fourth-order valence-electron chi connectivity index (χ4n) is 2.50. The second kappa shape index (κ2) is 3.66. The quantitative estimate of drug-likeness (QED) is 0.658. The van der Waals surface area contributed by atoms with Crippen LogP contribution >= 0.6 is 0 Å². The molecule has 2 fully saturated rings. The highest BCUT2D eigenvalue weighted by Gasteiger charge is 2.33. The summed E-state index contributed by atoms with van der Waals surface area (Å²) in [7, 11) is 0. The first-order valence-electron chi connectivity index (χ1n) is 5.30. The summed E-state index contributed by atoms with van der Waals surface area (Å²) in [6.45, 7) is 0.967. The van der Waals surface area contributed by atoms with Crippen molar-refractivity contribution in [3.63, 3.8) is 0 Å². The van der Waals surface area contributed by atoms with Gasteiger partial charge in [-0.05, 0) is 31.2 Å². The number of carbonyl (C=O) groups excluding carboxylic acids is 1. The van der Waals surface area contributed by atoms with E-state index in [-0.39, 0.29) is 11.9 Å². The fourth-order valence-corrected chi connectivity index (χ4v) is 2.50. The van der Waals surface area contributed by atoms with Gasteiger partial charge < -0.3 is 11.1 Å². The van der Waals surface area contributed by atoms with Crippen LogP contribution in [-0.4, -0.2) is 18.5 Å². The first kappa shape index (κ1) is 9.00. The highest BCUT2D eigenvalue weighted by Crippen LogP contribution is 2.38. The molecule has 1 aliphatic carbocycles. The summed E-state index contributed by atoms with van der Waals surface area (Å²) in [5, 5.41) is 3.18. The summed E-state index contributed by atoms with van der Waals surface area (Å²) in [5.74, 6) is 1.47. The van der Waals surface area contributed by atoms with E-state index in [9.17, 15) is 4.79 Å². The summed E-state index contributed by atoms with van der Waals surface area (Å²) < 4.78 is 0. The fraction of sp³-hybridized carbons (Fsp3) is 0.900. The Labute approximate surface area is 79.1 Å². The van der Waals surface area contributed by atoms with Crippen LogP contribution in [0.25, 0.3) is 0 Å². The second-order valence-corrected chi connectivity index (χ2v) is 4.38. The van der Waals surface area contributed by atoms with Gasteiger partial charge in [0.25, 0.3) is 0 Å². The predicted octanol–water partition coefficient (Wildman–Crippen LogP) is 0.640. The Hall–Kier alpha value is -0.570. The highest BCUT2D eigenvalue weighted by atomic mass is 16.1. The maximum atomic E-state index is 11.0. The number of piperidine rings is 1. The van der Waals surface area contributed by atoms with Crippen LogP contribution < -0.4 is 11.1 Å². The molecule has 74 valence electrons. The normalized spacial score (nSPS) is 35.4. The van der Waals surface area contributed by atoms with E-state index in [1.807, 2.05) is 0 Å². The van der Waals surface area contributed by atoms with Crippen LogP contribution in [0, 0.1) is 11.8 Å². The number of primary amides is 1. The van der Waals surface area contributed by atoms with Gasteiger partial charge in [0.1, 0.15) is 0 Å². The molecule has 1 aliphatic heterocycles. The third-order valence-corrected chi connectivity index (χ3v) is 3.60. The van der Waals surface area contributed by atoms with E-state index in [2.05, 4.69) is 5.32 Å². The van der Waals surface area contributed by atoms with Gasteiger partial charge in [0.2, 0.25) is 5.91 Å². The van der Waals surface area contributed by atoms with Gasteiger partial charge in [0.15, 0.2) is 0 Å². The van der Waals surface area contributed by atoms with Crippen LogP contribution in [0.4, 0.5) is 0 Å². The van der Waals surface area contributed by atoms with E-state index >= 15 is 0 Å². The van der Waals surface area contributed by atoms with Gasteiger partial charge in [0.05, 0.1) is 6.04 Å². The Kier molecular flexibility index (Phi) is 2.54. The zero-order valence-corrected chi connectivity index (χ0v) is 7.96. The van der Waals surface area contributed by atoms with Gasteiger partial charge in [0, 0.05) is 0 Å². The van der Waals surface area contributed by atoms with Gasteiger partial charge in [-0.25, -0.2) is 0 Å². The van der Waals surface area contributed by atoms with Crippen molar-refractivity contribution in [2.75, 3.05) is 6.54 Å². The molecule has 1 saturated heterocycles. The van der Waals surface area contributed by atoms with Crippen molar-refractivity contribution in [3.8, 4) is 0 Å². The Bertz CT molecular complexity index is 201. The minimum atomic E-state index is -0.177. The number of rotatable bonds is 2. The van der Waals surface area contributed by atoms with Crippen LogP contribution in [0.5, 0.6) is 0 Å². The summed E-state index contributed by atoms with van der Waals surface area (Å²) in [4.78, 5) is 11.0. The van der Waals surface area contributed by atoms with Crippen LogP contribution in [0.3, 0.4) is 0 Å². The molecule has 3 heteroatoms. The molecule has 0 spiro atoms. The van der Waals surface area contributed by atoms with Crippen molar-refractivity contribution in [2.24, 2.45) is 17.6 Å². The molecular formula is C10H18N2O. The molecule has 0 bridgehead atoms. The van der Waals surface area contributed by atoms with E-state index in [1.165, 1.54) is 25.7 Å². The largest absolute Gasteiger partial charge is 0.368 e. The van der Waals surface area contributed by atoms with E-state index in [0.29, 0.717) is 0 Å². The zero-order chi connectivity index (χ0) is 9.26. The van der Waals surface area contributed by atoms with E-state index < -0.39 is 0 Å². The first-order chi connectivity index (χ1) is 6.27. The summed E-state index contributed by atoms with van der Waals surface area (Å²) >= 11 is 0. The monoisotopic (exact) mass is 182 g/mol. The average molecular weight is 182 g/mol. The van der Waals surface area contributed by atoms with Crippen molar-refractivity contribution in [1.82, 2.24) is 5.32 Å². The Morgan fingerprint density at radius 1 is 1.23 bits per heavy atom. The van der Waals surface area contributed by atoms with Crippen LogP contribution in [0.15, 0.2) is 0 Å². The first-order valence-corrected chi connectivity index (χ1v) is 5.30. The topological polar surface area (TPSA) is 55.1 Å². The van der Waals surface area contributed by atoms with Gasteiger partial charge >= 0.3 is 0 Å². The maximum Gasteiger partial charge on any atom is 0.234 e. The summed E-state index contributed by atoms with van der Waals surface area (Å²) in [5.41, 5.74) is 5.29. The zero-order valence-electron chi connectivity index (χ0n) is 7.96. The number of nitrogens with two attached hydrogens (primary N) is 1. The standard InChI is InChI=1S/C10H18N2O/c11-10(13)9-6-8(4-5-12-9)7-2-1-3-7/h7-9,12H,1-6H2,(H2,11,13). The molecule has 3 N–H and O–H groups in total. The number of carbonyl (C=O) groups is 1. The molecule has 1 amide bonds. The lowest BCUT2D eigenvalue weighted by Gasteiger charge is -2.38. The van der Waals surface area contributed by atoms with Crippen molar-refractivity contribution in [2.45, 2.75) is 38.1 Å². The molecule has 3 nitrogen and oxygen atoms in total. The Balaban J connectivity index is 1.87. The molecule has 1 heterocycles. The summed E-state index contributed by atoms with van der Waals surface area (Å²) in [6, 6.07) is -0.0562. The van der Waals surface area contributed by atoms with E-state index in [1.54, 1.807) is 0 Å². The van der Waals surface area contributed by atoms with Crippen molar-refractivity contribution in [1.29, 1.82) is 0 Å². The van der Waals surface area contributed by atoms with Crippen molar-refractivity contribution in [3.05, 3.63) is 0 Å². The average Bonchev–Trinajstić information content (AvgIpc) is 2.01. The number of amides is 1. The maximum absolute atomic E-state index is 11.0. The molecule has 2 unspecified atom stereocenters. The Morgan fingerprint density at radius 3 is 2.54 bits per heavy atom. The van der Waals surface area contributed by atoms with Gasteiger partial charge in [-0.2, -0.15) is 0 Å². The lowest BCUT2D eigenvalue weighted by molar-refractivity contribution is -0.121. The van der Waals surface area contributed by atoms with Crippen LogP contribution in [0.2, 0.25) is 0 Å². The Morgan fingerprint density at radius 2 is 2.00 bits per heavy atom. The molecule has 0 aromatic heterocycles. The number of nitrogens with one attached hydrogen (secondary N) is 1. The smallest absolute Gasteiger partial charge is 0.234 e. The minimum absolute atomic E-state index is 0.0562. The van der Waals surface area contributed by atoms with Gasteiger partial charge in [-0.15, -0.1) is 0 Å². The number of hydrogen-bond acceptors (Lipinski definition) is 2. The molecule has 0 aromatic carbocycles. The molecule has 2 aliphatic rings. The van der Waals surface area contributed by atoms with E-state index in [0.717, 1.165) is 24.8 Å². The van der Waals surface area contributed by atoms with Crippen molar-refractivity contribution >= 4 is 5.91 Å².